The predicted molar refractivity (Wildman–Crippen MR) is 108 cm³/mol. The van der Waals surface area contributed by atoms with E-state index in [1.54, 1.807) is 6.21 Å². The normalized spacial score (nSPS) is 29.2. The second-order valence-corrected chi connectivity index (χ2v) is 8.37. The van der Waals surface area contributed by atoms with E-state index in [0.717, 1.165) is 60.2 Å². The van der Waals surface area contributed by atoms with Crippen molar-refractivity contribution in [3.63, 3.8) is 0 Å². The number of hydrogen-bond donors (Lipinski definition) is 1. The van der Waals surface area contributed by atoms with E-state index in [1.165, 1.54) is 0 Å². The maximum Gasteiger partial charge on any atom is 0.196 e. The summed E-state index contributed by atoms with van der Waals surface area (Å²) in [4.78, 5) is 3.93. The predicted octanol–water partition coefficient (Wildman–Crippen LogP) is 4.35. The number of benzene rings is 1. The number of rotatable bonds is 2. The summed E-state index contributed by atoms with van der Waals surface area (Å²) in [5.41, 5.74) is 2.27. The van der Waals surface area contributed by atoms with Gasteiger partial charge in [0.25, 0.3) is 0 Å². The van der Waals surface area contributed by atoms with E-state index in [0.29, 0.717) is 18.4 Å². The molecule has 146 valence electrons. The van der Waals surface area contributed by atoms with Crippen molar-refractivity contribution in [3.05, 3.63) is 52.6 Å². The van der Waals surface area contributed by atoms with Gasteiger partial charge in [0.05, 0.1) is 12.2 Å². The van der Waals surface area contributed by atoms with Crippen LogP contribution in [0.25, 0.3) is 5.69 Å². The van der Waals surface area contributed by atoms with Crippen molar-refractivity contribution in [1.82, 2.24) is 20.1 Å². The third kappa shape index (κ3) is 3.18. The average molecular weight is 400 g/mol. The topological polar surface area (TPSA) is 55.1 Å². The van der Waals surface area contributed by atoms with Gasteiger partial charge in [0.1, 0.15) is 5.82 Å². The van der Waals surface area contributed by atoms with Gasteiger partial charge >= 0.3 is 0 Å². The third-order valence-corrected chi connectivity index (χ3v) is 6.52. The first-order valence-corrected chi connectivity index (χ1v) is 10.4. The van der Waals surface area contributed by atoms with E-state index in [-0.39, 0.29) is 5.92 Å². The fourth-order valence-electron chi connectivity index (χ4n) is 4.84. The molecule has 7 heteroatoms. The zero-order chi connectivity index (χ0) is 19.1. The number of allylic oxidation sites excluding steroid dienone is 1. The van der Waals surface area contributed by atoms with Crippen LogP contribution in [-0.4, -0.2) is 27.3 Å². The van der Waals surface area contributed by atoms with Crippen LogP contribution >= 0.6 is 11.6 Å². The lowest BCUT2D eigenvalue weighted by Crippen LogP contribution is -2.28. The van der Waals surface area contributed by atoms with Gasteiger partial charge in [-0.05, 0) is 61.4 Å². The molecular formula is C21H23ClFN5. The van der Waals surface area contributed by atoms with Gasteiger partial charge in [-0.1, -0.05) is 17.7 Å². The Balaban J connectivity index is 1.40. The van der Waals surface area contributed by atoms with E-state index in [4.69, 9.17) is 11.6 Å². The second kappa shape index (κ2) is 7.41. The molecule has 2 aromatic rings. The van der Waals surface area contributed by atoms with E-state index in [9.17, 15) is 4.39 Å². The Kier molecular flexibility index (Phi) is 4.77. The lowest BCUT2D eigenvalue weighted by Gasteiger charge is -2.33. The zero-order valence-electron chi connectivity index (χ0n) is 15.6. The van der Waals surface area contributed by atoms with Crippen molar-refractivity contribution in [2.45, 2.75) is 51.0 Å². The molecule has 1 saturated carbocycles. The number of alkyl halides is 1. The average Bonchev–Trinajstić information content (AvgIpc) is 3.04. The van der Waals surface area contributed by atoms with Crippen molar-refractivity contribution in [2.75, 3.05) is 0 Å². The molecule has 0 radical (unpaired) electrons. The molecule has 1 fully saturated rings. The van der Waals surface area contributed by atoms with Gasteiger partial charge in [-0.15, -0.1) is 10.2 Å². The van der Waals surface area contributed by atoms with Crippen LogP contribution in [0, 0.1) is 11.8 Å². The lowest BCUT2D eigenvalue weighted by molar-refractivity contribution is 0.166. The number of aromatic nitrogens is 3. The SMILES string of the molecule is FC1N=CC=CC1[C@H]1CC[C@H](c2nnc3n2-c2ccc(Cl)cc2CNC3)CC1. The van der Waals surface area contributed by atoms with Crippen molar-refractivity contribution >= 4 is 17.8 Å². The highest BCUT2D eigenvalue weighted by molar-refractivity contribution is 6.30. The molecule has 0 saturated heterocycles. The minimum absolute atomic E-state index is 0.0893. The molecular weight excluding hydrogens is 377 g/mol. The molecule has 0 spiro atoms. The van der Waals surface area contributed by atoms with E-state index < -0.39 is 6.30 Å². The number of halogens is 2. The van der Waals surface area contributed by atoms with Crippen LogP contribution in [0.1, 0.15) is 48.8 Å². The summed E-state index contributed by atoms with van der Waals surface area (Å²) in [6.45, 7) is 1.45. The number of nitrogens with one attached hydrogen (secondary N) is 1. The monoisotopic (exact) mass is 399 g/mol. The molecule has 1 aromatic carbocycles. The molecule has 28 heavy (non-hydrogen) atoms. The van der Waals surface area contributed by atoms with Crippen LogP contribution in [0.2, 0.25) is 5.02 Å². The van der Waals surface area contributed by atoms with Gasteiger partial charge in [0.15, 0.2) is 12.1 Å². The molecule has 1 aliphatic carbocycles. The minimum atomic E-state index is -1.10. The van der Waals surface area contributed by atoms with Crippen molar-refractivity contribution < 1.29 is 4.39 Å². The number of nitrogens with zero attached hydrogens (tertiary/aromatic N) is 4. The Bertz CT molecular complexity index is 929. The number of aliphatic imine (C=N–C) groups is 1. The summed E-state index contributed by atoms with van der Waals surface area (Å²) in [6.07, 6.45) is 8.30. The van der Waals surface area contributed by atoms with Crippen molar-refractivity contribution in [3.8, 4) is 5.69 Å². The molecule has 1 aromatic heterocycles. The van der Waals surface area contributed by atoms with E-state index in [1.807, 2.05) is 24.3 Å². The van der Waals surface area contributed by atoms with Crippen molar-refractivity contribution in [1.29, 1.82) is 0 Å². The molecule has 0 amide bonds. The minimum Gasteiger partial charge on any atom is -0.306 e. The van der Waals surface area contributed by atoms with Crippen molar-refractivity contribution in [2.24, 2.45) is 16.8 Å². The molecule has 5 rings (SSSR count). The summed E-state index contributed by atoms with van der Waals surface area (Å²) in [5.74, 6) is 2.56. The standard InChI is InChI=1S/C21H23ClFN5/c22-16-7-8-18-15(10-16)11-24-12-19-26-27-21(28(18)19)14-5-3-13(4-6-14)17-2-1-9-25-20(17)23/h1-2,7-10,13-14,17,20,24H,3-6,11-12H2/t13-,14-,17?,20?. The fraction of sp³-hybridized carbons (Fsp3) is 0.476. The summed E-state index contributed by atoms with van der Waals surface area (Å²) >= 11 is 6.21. The summed E-state index contributed by atoms with van der Waals surface area (Å²) < 4.78 is 16.4. The Labute approximate surface area is 168 Å². The summed E-state index contributed by atoms with van der Waals surface area (Å²) in [7, 11) is 0. The maximum atomic E-state index is 14.2. The smallest absolute Gasteiger partial charge is 0.196 e. The van der Waals surface area contributed by atoms with Gasteiger partial charge in [0.2, 0.25) is 0 Å². The summed E-state index contributed by atoms with van der Waals surface area (Å²) in [6, 6.07) is 6.00. The van der Waals surface area contributed by atoms with Crippen LogP contribution in [0.15, 0.2) is 35.3 Å². The van der Waals surface area contributed by atoms with Gasteiger partial charge in [0, 0.05) is 29.6 Å². The molecule has 1 N–H and O–H groups in total. The fourth-order valence-corrected chi connectivity index (χ4v) is 5.03. The van der Waals surface area contributed by atoms with Crippen LogP contribution < -0.4 is 5.32 Å². The number of hydrogen-bond acceptors (Lipinski definition) is 4. The highest BCUT2D eigenvalue weighted by atomic mass is 35.5. The van der Waals surface area contributed by atoms with Gasteiger partial charge in [-0.3, -0.25) is 9.56 Å². The first-order chi connectivity index (χ1) is 13.7. The van der Waals surface area contributed by atoms with E-state index >= 15 is 0 Å². The number of dihydropyridines is 1. The van der Waals surface area contributed by atoms with Crippen LogP contribution in [0.5, 0.6) is 0 Å². The molecule has 0 bridgehead atoms. The molecule has 2 unspecified atom stereocenters. The Morgan fingerprint density at radius 3 is 2.79 bits per heavy atom. The Hall–Kier alpha value is -2.05. The molecule has 2 aliphatic heterocycles. The van der Waals surface area contributed by atoms with Gasteiger partial charge in [-0.2, -0.15) is 0 Å². The van der Waals surface area contributed by atoms with Gasteiger partial charge in [-0.25, -0.2) is 4.39 Å². The van der Waals surface area contributed by atoms with Crippen LogP contribution in [0.3, 0.4) is 0 Å². The van der Waals surface area contributed by atoms with Crippen LogP contribution in [0.4, 0.5) is 4.39 Å². The third-order valence-electron chi connectivity index (χ3n) is 6.28. The molecule has 3 heterocycles. The maximum absolute atomic E-state index is 14.2. The highest BCUT2D eigenvalue weighted by Gasteiger charge is 2.34. The molecule has 2 atom stereocenters. The first-order valence-electron chi connectivity index (χ1n) is 9.98. The highest BCUT2D eigenvalue weighted by Crippen LogP contribution is 2.41. The zero-order valence-corrected chi connectivity index (χ0v) is 16.3. The largest absolute Gasteiger partial charge is 0.306 e. The van der Waals surface area contributed by atoms with Gasteiger partial charge < -0.3 is 5.32 Å². The van der Waals surface area contributed by atoms with Crippen LogP contribution in [-0.2, 0) is 13.1 Å². The Morgan fingerprint density at radius 2 is 1.96 bits per heavy atom. The Morgan fingerprint density at radius 1 is 1.11 bits per heavy atom. The molecule has 5 nitrogen and oxygen atoms in total. The van der Waals surface area contributed by atoms with E-state index in [2.05, 4.69) is 31.1 Å². The second-order valence-electron chi connectivity index (χ2n) is 7.93. The molecule has 3 aliphatic rings. The quantitative estimate of drug-likeness (QED) is 0.764. The lowest BCUT2D eigenvalue weighted by atomic mass is 9.74. The summed E-state index contributed by atoms with van der Waals surface area (Å²) in [5, 5.41) is 13.2. The number of fused-ring (bicyclic) bond motifs is 3. The first kappa shape index (κ1) is 18.0.